The van der Waals surface area contributed by atoms with Crippen LogP contribution in [0.1, 0.15) is 19.3 Å². The molecule has 3 heteroatoms. The topological polar surface area (TPSA) is 21.3 Å². The first-order chi connectivity index (χ1) is 5.36. The van der Waals surface area contributed by atoms with Gasteiger partial charge in [-0.05, 0) is 6.42 Å². The maximum atomic E-state index is 5.53. The molecule has 62 valence electrons. The van der Waals surface area contributed by atoms with Gasteiger partial charge >= 0.3 is 0 Å². The van der Waals surface area contributed by atoms with Gasteiger partial charge in [-0.15, -0.1) is 0 Å². The number of rotatable bonds is 0. The van der Waals surface area contributed by atoms with Crippen LogP contribution in [0.4, 0.5) is 0 Å². The van der Waals surface area contributed by atoms with E-state index in [9.17, 15) is 0 Å². The summed E-state index contributed by atoms with van der Waals surface area (Å²) in [6.45, 7) is 1.81. The van der Waals surface area contributed by atoms with Gasteiger partial charge in [0.1, 0.15) is 12.4 Å². The van der Waals surface area contributed by atoms with E-state index < -0.39 is 0 Å². The Kier molecular flexibility index (Phi) is 2.07. The van der Waals surface area contributed by atoms with Gasteiger partial charge in [-0.25, -0.2) is 0 Å². The Morgan fingerprint density at radius 3 is 3.36 bits per heavy atom. The number of hydrogen-bond donors (Lipinski definition) is 1. The van der Waals surface area contributed by atoms with Crippen LogP contribution < -0.4 is 5.32 Å². The number of allylic oxidation sites excluding steroid dienone is 2. The lowest BCUT2D eigenvalue weighted by Gasteiger charge is -2.28. The molecule has 0 saturated heterocycles. The summed E-state index contributed by atoms with van der Waals surface area (Å²) >= 11 is 3.62. The van der Waals surface area contributed by atoms with Gasteiger partial charge < -0.3 is 10.1 Å². The standard InChI is InChI=1S/C8H12BrNO/c9-6-1-2-8-7(5-6)10-3-4-11-8/h6,10H,1-5H2. The van der Waals surface area contributed by atoms with E-state index in [4.69, 9.17) is 4.74 Å². The summed E-state index contributed by atoms with van der Waals surface area (Å²) in [5, 5.41) is 3.38. The van der Waals surface area contributed by atoms with Crippen LogP contribution >= 0.6 is 15.9 Å². The average Bonchev–Trinajstić information content (AvgIpc) is 2.04. The fourth-order valence-electron chi connectivity index (χ4n) is 1.58. The third-order valence-corrected chi connectivity index (χ3v) is 2.95. The predicted molar refractivity (Wildman–Crippen MR) is 47.5 cm³/mol. The molecule has 1 heterocycles. The van der Waals surface area contributed by atoms with Crippen molar-refractivity contribution in [1.29, 1.82) is 0 Å². The average molecular weight is 218 g/mol. The first kappa shape index (κ1) is 7.47. The van der Waals surface area contributed by atoms with Crippen LogP contribution in [0.2, 0.25) is 0 Å². The van der Waals surface area contributed by atoms with Crippen LogP contribution in [-0.4, -0.2) is 18.0 Å². The van der Waals surface area contributed by atoms with Gasteiger partial charge in [0.25, 0.3) is 0 Å². The van der Waals surface area contributed by atoms with Gasteiger partial charge in [0, 0.05) is 24.2 Å². The summed E-state index contributed by atoms with van der Waals surface area (Å²) in [5.41, 5.74) is 1.32. The summed E-state index contributed by atoms with van der Waals surface area (Å²) in [7, 11) is 0. The quantitative estimate of drug-likeness (QED) is 0.625. The van der Waals surface area contributed by atoms with Crippen molar-refractivity contribution < 1.29 is 4.74 Å². The molecule has 1 unspecified atom stereocenters. The third kappa shape index (κ3) is 1.53. The summed E-state index contributed by atoms with van der Waals surface area (Å²) < 4.78 is 5.53. The molecule has 1 aliphatic heterocycles. The molecule has 0 spiro atoms. The second-order valence-corrected chi connectivity index (χ2v) is 4.31. The van der Waals surface area contributed by atoms with Gasteiger partial charge in [0.2, 0.25) is 0 Å². The lowest BCUT2D eigenvalue weighted by molar-refractivity contribution is 0.171. The molecule has 0 fully saturated rings. The van der Waals surface area contributed by atoms with Crippen LogP contribution in [0.15, 0.2) is 11.5 Å². The zero-order valence-electron chi connectivity index (χ0n) is 6.40. The normalized spacial score (nSPS) is 30.5. The Bertz CT molecular complexity index is 191. The number of halogens is 1. The van der Waals surface area contributed by atoms with Crippen LogP contribution in [0.5, 0.6) is 0 Å². The van der Waals surface area contributed by atoms with Crippen LogP contribution in [-0.2, 0) is 4.74 Å². The lowest BCUT2D eigenvalue weighted by atomic mass is 10.0. The molecule has 0 aromatic rings. The molecule has 1 N–H and O–H groups in total. The van der Waals surface area contributed by atoms with Gasteiger partial charge in [-0.2, -0.15) is 0 Å². The van der Waals surface area contributed by atoms with E-state index in [0.717, 1.165) is 26.0 Å². The van der Waals surface area contributed by atoms with Gasteiger partial charge in [-0.1, -0.05) is 15.9 Å². The smallest absolute Gasteiger partial charge is 0.115 e. The molecule has 11 heavy (non-hydrogen) atoms. The predicted octanol–water partition coefficient (Wildman–Crippen LogP) is 1.77. The second-order valence-electron chi connectivity index (χ2n) is 3.02. The molecular weight excluding hydrogens is 206 g/mol. The number of nitrogens with one attached hydrogen (secondary N) is 1. The van der Waals surface area contributed by atoms with E-state index in [-0.39, 0.29) is 0 Å². The Balaban J connectivity index is 2.12. The van der Waals surface area contributed by atoms with Crippen molar-refractivity contribution in [3.63, 3.8) is 0 Å². The SMILES string of the molecule is BrC1CCC2=C(C1)NCCO2. The van der Waals surface area contributed by atoms with Crippen LogP contribution in [0.3, 0.4) is 0 Å². The first-order valence-corrected chi connectivity index (χ1v) is 5.00. The molecule has 0 amide bonds. The Morgan fingerprint density at radius 1 is 1.55 bits per heavy atom. The minimum atomic E-state index is 0.649. The highest BCUT2D eigenvalue weighted by Crippen LogP contribution is 2.29. The van der Waals surface area contributed by atoms with Crippen molar-refractivity contribution >= 4 is 15.9 Å². The van der Waals surface area contributed by atoms with Crippen molar-refractivity contribution in [3.8, 4) is 0 Å². The lowest BCUT2D eigenvalue weighted by Crippen LogP contribution is -2.30. The Morgan fingerprint density at radius 2 is 2.45 bits per heavy atom. The molecule has 2 aliphatic rings. The second kappa shape index (κ2) is 3.05. The van der Waals surface area contributed by atoms with E-state index in [0.29, 0.717) is 4.83 Å². The summed E-state index contributed by atoms with van der Waals surface area (Å²) in [4.78, 5) is 0.649. The molecular formula is C8H12BrNO. The van der Waals surface area contributed by atoms with Crippen molar-refractivity contribution in [3.05, 3.63) is 11.5 Å². The van der Waals surface area contributed by atoms with E-state index in [1.54, 1.807) is 0 Å². The fraction of sp³-hybridized carbons (Fsp3) is 0.750. The monoisotopic (exact) mass is 217 g/mol. The van der Waals surface area contributed by atoms with Crippen LogP contribution in [0.25, 0.3) is 0 Å². The molecule has 2 rings (SSSR count). The summed E-state index contributed by atoms with van der Waals surface area (Å²) in [6.07, 6.45) is 3.41. The van der Waals surface area contributed by atoms with Crippen molar-refractivity contribution in [1.82, 2.24) is 5.32 Å². The van der Waals surface area contributed by atoms with E-state index >= 15 is 0 Å². The van der Waals surface area contributed by atoms with E-state index in [1.165, 1.54) is 17.9 Å². The largest absolute Gasteiger partial charge is 0.494 e. The zero-order valence-corrected chi connectivity index (χ0v) is 7.99. The van der Waals surface area contributed by atoms with Crippen molar-refractivity contribution in [2.24, 2.45) is 0 Å². The van der Waals surface area contributed by atoms with E-state index in [1.807, 2.05) is 0 Å². The van der Waals surface area contributed by atoms with Gasteiger partial charge in [-0.3, -0.25) is 0 Å². The highest BCUT2D eigenvalue weighted by Gasteiger charge is 2.22. The number of hydrogen-bond acceptors (Lipinski definition) is 2. The van der Waals surface area contributed by atoms with Crippen molar-refractivity contribution in [2.75, 3.05) is 13.2 Å². The molecule has 0 radical (unpaired) electrons. The minimum absolute atomic E-state index is 0.649. The fourth-order valence-corrected chi connectivity index (χ4v) is 2.13. The molecule has 0 bridgehead atoms. The Hall–Kier alpha value is -0.180. The summed E-state index contributed by atoms with van der Waals surface area (Å²) in [5.74, 6) is 1.20. The number of ether oxygens (including phenoxy) is 1. The molecule has 1 atom stereocenters. The minimum Gasteiger partial charge on any atom is -0.494 e. The molecule has 0 aromatic carbocycles. The molecule has 2 nitrogen and oxygen atoms in total. The van der Waals surface area contributed by atoms with Crippen molar-refractivity contribution in [2.45, 2.75) is 24.1 Å². The first-order valence-electron chi connectivity index (χ1n) is 4.09. The molecule has 0 aromatic heterocycles. The number of alkyl halides is 1. The third-order valence-electron chi connectivity index (χ3n) is 2.16. The maximum absolute atomic E-state index is 5.53. The summed E-state index contributed by atoms with van der Waals surface area (Å²) in [6, 6.07) is 0. The van der Waals surface area contributed by atoms with Crippen LogP contribution in [0, 0.1) is 0 Å². The maximum Gasteiger partial charge on any atom is 0.115 e. The molecule has 0 saturated carbocycles. The highest BCUT2D eigenvalue weighted by atomic mass is 79.9. The van der Waals surface area contributed by atoms with Gasteiger partial charge in [0.05, 0.1) is 5.70 Å². The van der Waals surface area contributed by atoms with Gasteiger partial charge in [0.15, 0.2) is 0 Å². The molecule has 1 aliphatic carbocycles. The zero-order chi connectivity index (χ0) is 7.68. The van der Waals surface area contributed by atoms with E-state index in [2.05, 4.69) is 21.2 Å². The Labute approximate surface area is 75.1 Å². The highest BCUT2D eigenvalue weighted by molar-refractivity contribution is 9.09.